The summed E-state index contributed by atoms with van der Waals surface area (Å²) in [5.41, 5.74) is 1.82. The molecule has 1 amide bonds. The Kier molecular flexibility index (Phi) is 3.42. The van der Waals surface area contributed by atoms with Crippen molar-refractivity contribution >= 4 is 5.91 Å². The molecule has 0 bridgehead atoms. The first-order valence-corrected chi connectivity index (χ1v) is 8.23. The van der Waals surface area contributed by atoms with E-state index in [0.29, 0.717) is 5.92 Å². The Morgan fingerprint density at radius 1 is 1.41 bits per heavy atom. The Morgan fingerprint density at radius 2 is 2.27 bits per heavy atom. The van der Waals surface area contributed by atoms with E-state index in [4.69, 9.17) is 4.74 Å². The van der Waals surface area contributed by atoms with Gasteiger partial charge in [-0.1, -0.05) is 0 Å². The summed E-state index contributed by atoms with van der Waals surface area (Å²) < 4.78 is 5.62. The van der Waals surface area contributed by atoms with Gasteiger partial charge in [-0.05, 0) is 38.4 Å². The number of hydrogen-bond acceptors (Lipinski definition) is 4. The fourth-order valence-electron chi connectivity index (χ4n) is 3.71. The predicted octanol–water partition coefficient (Wildman–Crippen LogP) is 1.51. The van der Waals surface area contributed by atoms with Gasteiger partial charge in [0.15, 0.2) is 0 Å². The van der Waals surface area contributed by atoms with E-state index in [1.807, 2.05) is 17.0 Å². The van der Waals surface area contributed by atoms with Crippen molar-refractivity contribution in [2.45, 2.75) is 30.7 Å². The maximum atomic E-state index is 13.0. The number of aromatic nitrogens is 1. The van der Waals surface area contributed by atoms with Crippen LogP contribution in [0.4, 0.5) is 0 Å². The minimum atomic E-state index is 0.00978. The van der Waals surface area contributed by atoms with Crippen molar-refractivity contribution in [3.63, 3.8) is 0 Å². The molecule has 0 N–H and O–H groups in total. The number of pyridine rings is 1. The van der Waals surface area contributed by atoms with Gasteiger partial charge in [0.05, 0.1) is 23.4 Å². The van der Waals surface area contributed by atoms with Crippen LogP contribution in [0.15, 0.2) is 18.3 Å². The van der Waals surface area contributed by atoms with E-state index < -0.39 is 0 Å². The minimum absolute atomic E-state index is 0.00978. The second-order valence-corrected chi connectivity index (χ2v) is 6.89. The van der Waals surface area contributed by atoms with Crippen LogP contribution in [-0.4, -0.2) is 66.1 Å². The van der Waals surface area contributed by atoms with E-state index in [-0.39, 0.29) is 11.4 Å². The molecule has 2 aliphatic heterocycles. The molecule has 1 saturated carbocycles. The largest absolute Gasteiger partial charge is 0.379 e. The van der Waals surface area contributed by atoms with E-state index in [1.165, 1.54) is 0 Å². The quantitative estimate of drug-likeness (QED) is 0.830. The van der Waals surface area contributed by atoms with Gasteiger partial charge in [0.1, 0.15) is 0 Å². The second-order valence-electron chi connectivity index (χ2n) is 6.89. The van der Waals surface area contributed by atoms with Gasteiger partial charge in [0.2, 0.25) is 0 Å². The Bertz CT molecular complexity index is 579. The fourth-order valence-corrected chi connectivity index (χ4v) is 3.71. The van der Waals surface area contributed by atoms with Gasteiger partial charge >= 0.3 is 0 Å². The van der Waals surface area contributed by atoms with Gasteiger partial charge < -0.3 is 9.64 Å². The number of hydrogen-bond donors (Lipinski definition) is 0. The highest BCUT2D eigenvalue weighted by atomic mass is 16.5. The molecule has 118 valence electrons. The summed E-state index contributed by atoms with van der Waals surface area (Å²) in [7, 11) is 2.15. The number of rotatable bonds is 2. The zero-order valence-corrected chi connectivity index (χ0v) is 13.1. The van der Waals surface area contributed by atoms with Gasteiger partial charge in [0, 0.05) is 38.4 Å². The lowest BCUT2D eigenvalue weighted by atomic mass is 9.93. The molecule has 1 spiro atoms. The smallest absolute Gasteiger partial charge is 0.255 e. The Labute approximate surface area is 131 Å². The lowest BCUT2D eigenvalue weighted by Crippen LogP contribution is -2.62. The monoisotopic (exact) mass is 301 g/mol. The Hall–Kier alpha value is -1.46. The molecule has 4 rings (SSSR count). The molecule has 1 aromatic heterocycles. The standard InChI is InChI=1S/C17H23N3O2/c1-19-8-9-20(11-17(19)6-10-22-12-17)16(21)14-3-2-7-18-15(14)13-4-5-13/h2-3,7,13H,4-6,8-12H2,1H3/t17-/m1/s1. The summed E-state index contributed by atoms with van der Waals surface area (Å²) >= 11 is 0. The molecule has 2 saturated heterocycles. The van der Waals surface area contributed by atoms with Crippen molar-refractivity contribution in [1.82, 2.24) is 14.8 Å². The van der Waals surface area contributed by atoms with E-state index in [9.17, 15) is 4.79 Å². The highest BCUT2D eigenvalue weighted by Gasteiger charge is 2.44. The second kappa shape index (κ2) is 5.32. The molecule has 5 nitrogen and oxygen atoms in total. The first-order chi connectivity index (χ1) is 10.7. The number of piperazine rings is 1. The maximum Gasteiger partial charge on any atom is 0.255 e. The lowest BCUT2D eigenvalue weighted by molar-refractivity contribution is 0.00918. The van der Waals surface area contributed by atoms with Crippen LogP contribution in [0.3, 0.4) is 0 Å². The number of carbonyl (C=O) groups is 1. The minimum Gasteiger partial charge on any atom is -0.379 e. The van der Waals surface area contributed by atoms with E-state index in [1.54, 1.807) is 6.20 Å². The molecule has 3 aliphatic rings. The molecular weight excluding hydrogens is 278 g/mol. The number of amides is 1. The van der Waals surface area contributed by atoms with Crippen LogP contribution >= 0.6 is 0 Å². The van der Waals surface area contributed by atoms with Crippen LogP contribution in [0, 0.1) is 0 Å². The number of likely N-dealkylation sites (N-methyl/N-ethyl adjacent to an activating group) is 1. The van der Waals surface area contributed by atoms with Crippen LogP contribution in [0.1, 0.15) is 41.2 Å². The fraction of sp³-hybridized carbons (Fsp3) is 0.647. The topological polar surface area (TPSA) is 45.7 Å². The van der Waals surface area contributed by atoms with E-state index in [0.717, 1.165) is 63.4 Å². The summed E-state index contributed by atoms with van der Waals surface area (Å²) in [6, 6.07) is 3.82. The molecule has 0 unspecified atom stereocenters. The molecular formula is C17H23N3O2. The highest BCUT2D eigenvalue weighted by Crippen LogP contribution is 2.41. The first-order valence-electron chi connectivity index (χ1n) is 8.23. The molecule has 0 aromatic carbocycles. The average molecular weight is 301 g/mol. The van der Waals surface area contributed by atoms with Crippen LogP contribution < -0.4 is 0 Å². The van der Waals surface area contributed by atoms with Crippen molar-refractivity contribution in [2.24, 2.45) is 0 Å². The van der Waals surface area contributed by atoms with Gasteiger partial charge in [0.25, 0.3) is 5.91 Å². The summed E-state index contributed by atoms with van der Waals surface area (Å²) in [4.78, 5) is 21.9. The van der Waals surface area contributed by atoms with Gasteiger partial charge in [-0.25, -0.2) is 0 Å². The van der Waals surface area contributed by atoms with E-state index >= 15 is 0 Å². The third-order valence-electron chi connectivity index (χ3n) is 5.40. The molecule has 0 radical (unpaired) electrons. The molecule has 22 heavy (non-hydrogen) atoms. The van der Waals surface area contributed by atoms with Crippen molar-refractivity contribution < 1.29 is 9.53 Å². The van der Waals surface area contributed by atoms with Crippen LogP contribution in [-0.2, 0) is 4.74 Å². The number of carbonyl (C=O) groups excluding carboxylic acids is 1. The molecule has 1 atom stereocenters. The SMILES string of the molecule is CN1CCN(C(=O)c2cccnc2C2CC2)C[C@@]12CCOC2. The average Bonchev–Trinajstić information content (AvgIpc) is 3.29. The lowest BCUT2D eigenvalue weighted by Gasteiger charge is -2.46. The number of ether oxygens (including phenoxy) is 1. The van der Waals surface area contributed by atoms with E-state index in [2.05, 4.69) is 16.9 Å². The third-order valence-corrected chi connectivity index (χ3v) is 5.40. The van der Waals surface area contributed by atoms with Gasteiger partial charge in [-0.15, -0.1) is 0 Å². The van der Waals surface area contributed by atoms with Crippen molar-refractivity contribution in [3.05, 3.63) is 29.6 Å². The zero-order valence-electron chi connectivity index (χ0n) is 13.1. The highest BCUT2D eigenvalue weighted by molar-refractivity contribution is 5.95. The van der Waals surface area contributed by atoms with Gasteiger partial charge in [-0.3, -0.25) is 14.7 Å². The molecule has 1 aromatic rings. The third kappa shape index (κ3) is 2.32. The zero-order chi connectivity index (χ0) is 15.2. The molecule has 1 aliphatic carbocycles. The molecule has 3 fully saturated rings. The summed E-state index contributed by atoms with van der Waals surface area (Å²) in [6.45, 7) is 3.99. The van der Waals surface area contributed by atoms with Gasteiger partial charge in [-0.2, -0.15) is 0 Å². The molecule has 5 heteroatoms. The summed E-state index contributed by atoms with van der Waals surface area (Å²) in [5, 5.41) is 0. The maximum absolute atomic E-state index is 13.0. The van der Waals surface area contributed by atoms with Crippen molar-refractivity contribution in [1.29, 1.82) is 0 Å². The first kappa shape index (κ1) is 14.2. The van der Waals surface area contributed by atoms with Crippen molar-refractivity contribution in [3.8, 4) is 0 Å². The van der Waals surface area contributed by atoms with Crippen molar-refractivity contribution in [2.75, 3.05) is 39.9 Å². The Morgan fingerprint density at radius 3 is 3.00 bits per heavy atom. The molecule has 3 heterocycles. The number of nitrogens with zero attached hydrogens (tertiary/aromatic N) is 3. The Balaban J connectivity index is 1.58. The summed E-state index contributed by atoms with van der Waals surface area (Å²) in [5.74, 6) is 0.644. The predicted molar refractivity (Wildman–Crippen MR) is 82.9 cm³/mol. The van der Waals surface area contributed by atoms with Crippen LogP contribution in [0.25, 0.3) is 0 Å². The summed E-state index contributed by atoms with van der Waals surface area (Å²) in [6.07, 6.45) is 5.14. The van der Waals surface area contributed by atoms with Crippen LogP contribution in [0.2, 0.25) is 0 Å². The normalized spacial score (nSPS) is 29.2. The van der Waals surface area contributed by atoms with Crippen LogP contribution in [0.5, 0.6) is 0 Å².